The highest BCUT2D eigenvalue weighted by atomic mass is 16.5. The third kappa shape index (κ3) is 5.04. The molecule has 0 spiro atoms. The fourth-order valence-electron chi connectivity index (χ4n) is 1.61. The Kier molecular flexibility index (Phi) is 6.72. The van der Waals surface area contributed by atoms with Gasteiger partial charge in [0.2, 0.25) is 0 Å². The van der Waals surface area contributed by atoms with Crippen LogP contribution in [0.4, 0.5) is 0 Å². The minimum Gasteiger partial charge on any atom is -0.497 e. The summed E-state index contributed by atoms with van der Waals surface area (Å²) in [5.74, 6) is 0.848. The summed E-state index contributed by atoms with van der Waals surface area (Å²) < 4.78 is 10.6. The number of hydrogen-bond acceptors (Lipinski definition) is 4. The van der Waals surface area contributed by atoms with Crippen LogP contribution < -0.4 is 4.74 Å². The monoisotopic (exact) mass is 254 g/mol. The van der Waals surface area contributed by atoms with Crippen LogP contribution in [0.25, 0.3) is 0 Å². The van der Waals surface area contributed by atoms with Crippen LogP contribution in [0.15, 0.2) is 24.3 Å². The van der Waals surface area contributed by atoms with E-state index in [1.165, 1.54) is 0 Å². The van der Waals surface area contributed by atoms with E-state index < -0.39 is 6.10 Å². The van der Waals surface area contributed by atoms with Crippen molar-refractivity contribution in [1.29, 1.82) is 0 Å². The molecule has 0 unspecified atom stereocenters. The molecule has 4 nitrogen and oxygen atoms in total. The summed E-state index contributed by atoms with van der Waals surface area (Å²) in [5, 5.41) is 18.4. The molecule has 0 fully saturated rings. The van der Waals surface area contributed by atoms with Crippen LogP contribution in [0.5, 0.6) is 5.75 Å². The Morgan fingerprint density at radius 1 is 1.22 bits per heavy atom. The smallest absolute Gasteiger partial charge is 0.118 e. The number of rotatable bonds is 8. The topological polar surface area (TPSA) is 58.9 Å². The van der Waals surface area contributed by atoms with Crippen LogP contribution in [0.2, 0.25) is 0 Å². The van der Waals surface area contributed by atoms with Crippen LogP contribution in [-0.4, -0.2) is 36.6 Å². The average Bonchev–Trinajstić information content (AvgIpc) is 2.39. The van der Waals surface area contributed by atoms with Crippen molar-refractivity contribution in [3.8, 4) is 5.75 Å². The molecule has 0 aromatic heterocycles. The van der Waals surface area contributed by atoms with Crippen molar-refractivity contribution >= 4 is 0 Å². The fourth-order valence-corrected chi connectivity index (χ4v) is 1.61. The van der Waals surface area contributed by atoms with E-state index in [2.05, 4.69) is 0 Å². The first-order chi connectivity index (χ1) is 8.67. The lowest BCUT2D eigenvalue weighted by Crippen LogP contribution is -2.23. The molecule has 0 saturated carbocycles. The molecule has 1 aromatic carbocycles. The SMILES string of the molecule is COc1ccc(COC[C@@H](C)[C@@H](O)CCO)cc1. The largest absolute Gasteiger partial charge is 0.497 e. The molecule has 1 rings (SSSR count). The Hall–Kier alpha value is -1.10. The van der Waals surface area contributed by atoms with Gasteiger partial charge in [0, 0.05) is 12.5 Å². The zero-order valence-corrected chi connectivity index (χ0v) is 11.0. The second kappa shape index (κ2) is 8.08. The van der Waals surface area contributed by atoms with Crippen molar-refractivity contribution in [3.63, 3.8) is 0 Å². The lowest BCUT2D eigenvalue weighted by molar-refractivity contribution is 0.0181. The van der Waals surface area contributed by atoms with Gasteiger partial charge in [0.15, 0.2) is 0 Å². The summed E-state index contributed by atoms with van der Waals surface area (Å²) in [4.78, 5) is 0. The maximum absolute atomic E-state index is 9.63. The van der Waals surface area contributed by atoms with E-state index in [0.717, 1.165) is 11.3 Å². The van der Waals surface area contributed by atoms with E-state index in [-0.39, 0.29) is 12.5 Å². The van der Waals surface area contributed by atoms with Gasteiger partial charge in [-0.3, -0.25) is 0 Å². The number of aliphatic hydroxyl groups excluding tert-OH is 2. The van der Waals surface area contributed by atoms with Gasteiger partial charge in [-0.15, -0.1) is 0 Å². The van der Waals surface area contributed by atoms with Gasteiger partial charge in [-0.1, -0.05) is 19.1 Å². The number of ether oxygens (including phenoxy) is 2. The summed E-state index contributed by atoms with van der Waals surface area (Å²) in [6.07, 6.45) is -0.113. The van der Waals surface area contributed by atoms with Gasteiger partial charge in [0.1, 0.15) is 5.75 Å². The highest BCUT2D eigenvalue weighted by Crippen LogP contribution is 2.13. The second-order valence-corrected chi connectivity index (χ2v) is 4.42. The maximum Gasteiger partial charge on any atom is 0.118 e. The molecule has 1 aromatic rings. The number of benzene rings is 1. The summed E-state index contributed by atoms with van der Waals surface area (Å²) in [6, 6.07) is 7.69. The van der Waals surface area contributed by atoms with Gasteiger partial charge in [-0.2, -0.15) is 0 Å². The van der Waals surface area contributed by atoms with Crippen molar-refractivity contribution < 1.29 is 19.7 Å². The molecule has 0 aliphatic heterocycles. The summed E-state index contributed by atoms with van der Waals surface area (Å²) in [5.41, 5.74) is 1.07. The van der Waals surface area contributed by atoms with Gasteiger partial charge in [0.05, 0.1) is 26.4 Å². The van der Waals surface area contributed by atoms with Gasteiger partial charge >= 0.3 is 0 Å². The molecule has 0 bridgehead atoms. The Bertz CT molecular complexity index is 323. The van der Waals surface area contributed by atoms with Crippen molar-refractivity contribution in [2.24, 2.45) is 5.92 Å². The third-order valence-corrected chi connectivity index (χ3v) is 2.89. The highest BCUT2D eigenvalue weighted by Gasteiger charge is 2.13. The number of aliphatic hydroxyl groups is 2. The summed E-state index contributed by atoms with van der Waals surface area (Å²) in [7, 11) is 1.63. The van der Waals surface area contributed by atoms with Crippen molar-refractivity contribution in [2.75, 3.05) is 20.3 Å². The van der Waals surface area contributed by atoms with E-state index in [9.17, 15) is 5.11 Å². The average molecular weight is 254 g/mol. The first-order valence-electron chi connectivity index (χ1n) is 6.17. The predicted molar refractivity (Wildman–Crippen MR) is 69.5 cm³/mol. The molecule has 0 amide bonds. The Morgan fingerprint density at radius 2 is 1.89 bits per heavy atom. The second-order valence-electron chi connectivity index (χ2n) is 4.42. The minimum absolute atomic E-state index is 0.00395. The van der Waals surface area contributed by atoms with Gasteiger partial charge < -0.3 is 19.7 Å². The molecule has 4 heteroatoms. The standard InChI is InChI=1S/C14H22O4/c1-11(14(16)7-8-15)9-18-10-12-3-5-13(17-2)6-4-12/h3-6,11,14-16H,7-10H2,1-2H3/t11-,14+/m1/s1. The van der Waals surface area contributed by atoms with E-state index >= 15 is 0 Å². The summed E-state index contributed by atoms with van der Waals surface area (Å²) in [6.45, 7) is 2.91. The molecule has 0 radical (unpaired) electrons. The zero-order chi connectivity index (χ0) is 13.4. The summed E-state index contributed by atoms with van der Waals surface area (Å²) >= 11 is 0. The van der Waals surface area contributed by atoms with Crippen LogP contribution in [-0.2, 0) is 11.3 Å². The molecule has 0 saturated heterocycles. The van der Waals surface area contributed by atoms with E-state index in [1.54, 1.807) is 7.11 Å². The van der Waals surface area contributed by atoms with Gasteiger partial charge in [0.25, 0.3) is 0 Å². The van der Waals surface area contributed by atoms with E-state index in [4.69, 9.17) is 14.6 Å². The predicted octanol–water partition coefficient (Wildman–Crippen LogP) is 1.59. The molecule has 0 heterocycles. The highest BCUT2D eigenvalue weighted by molar-refractivity contribution is 5.26. The minimum atomic E-state index is -0.508. The zero-order valence-electron chi connectivity index (χ0n) is 11.0. The molecule has 2 atom stereocenters. The quantitative estimate of drug-likeness (QED) is 0.739. The number of methoxy groups -OCH3 is 1. The molecule has 0 aliphatic carbocycles. The Balaban J connectivity index is 2.28. The Morgan fingerprint density at radius 3 is 2.44 bits per heavy atom. The van der Waals surface area contributed by atoms with Crippen LogP contribution in [0.3, 0.4) is 0 Å². The van der Waals surface area contributed by atoms with Gasteiger partial charge in [-0.05, 0) is 24.1 Å². The van der Waals surface area contributed by atoms with E-state index in [0.29, 0.717) is 19.6 Å². The first kappa shape index (κ1) is 15.0. The normalized spacial score (nSPS) is 14.2. The lowest BCUT2D eigenvalue weighted by Gasteiger charge is -2.17. The molecule has 102 valence electrons. The first-order valence-corrected chi connectivity index (χ1v) is 6.17. The fraction of sp³-hybridized carbons (Fsp3) is 0.571. The maximum atomic E-state index is 9.63. The molecule has 0 aliphatic rings. The van der Waals surface area contributed by atoms with Crippen LogP contribution >= 0.6 is 0 Å². The van der Waals surface area contributed by atoms with Crippen LogP contribution in [0, 0.1) is 5.92 Å². The van der Waals surface area contributed by atoms with Gasteiger partial charge in [-0.25, -0.2) is 0 Å². The van der Waals surface area contributed by atoms with Crippen LogP contribution in [0.1, 0.15) is 18.9 Å². The molecule has 2 N–H and O–H groups in total. The molecular weight excluding hydrogens is 232 g/mol. The van der Waals surface area contributed by atoms with Crippen molar-refractivity contribution in [2.45, 2.75) is 26.1 Å². The van der Waals surface area contributed by atoms with Crippen molar-refractivity contribution in [3.05, 3.63) is 29.8 Å². The number of hydrogen-bond donors (Lipinski definition) is 2. The van der Waals surface area contributed by atoms with Crippen molar-refractivity contribution in [1.82, 2.24) is 0 Å². The molecular formula is C14H22O4. The third-order valence-electron chi connectivity index (χ3n) is 2.89. The van der Waals surface area contributed by atoms with E-state index in [1.807, 2.05) is 31.2 Å². The Labute approximate surface area is 108 Å². The molecule has 18 heavy (non-hydrogen) atoms. The lowest BCUT2D eigenvalue weighted by atomic mass is 10.0.